The molecule has 0 rings (SSSR count). The van der Waals surface area contributed by atoms with Gasteiger partial charge in [-0.1, -0.05) is 0 Å². The molecule has 0 radical (unpaired) electrons. The lowest BCUT2D eigenvalue weighted by atomic mass is 10.4. The van der Waals surface area contributed by atoms with Crippen molar-refractivity contribution in [2.24, 2.45) is 0 Å². The van der Waals surface area contributed by atoms with Crippen molar-refractivity contribution in [3.63, 3.8) is 0 Å². The van der Waals surface area contributed by atoms with Crippen LogP contribution in [0.2, 0.25) is 0 Å². The molecule has 0 spiro atoms. The molecule has 0 heterocycles. The maximum atomic E-state index is 11.1. The van der Waals surface area contributed by atoms with Crippen molar-refractivity contribution in [3.8, 4) is 0 Å². The molecule has 1 N–H and O–H groups in total. The Morgan fingerprint density at radius 2 is 2.08 bits per heavy atom. The predicted octanol–water partition coefficient (Wildman–Crippen LogP) is 0.938. The second kappa shape index (κ2) is 5.70. The molecular weight excluding hydrogens is 179 g/mol. The van der Waals surface area contributed by atoms with Crippen LogP contribution in [0.4, 0.5) is 0 Å². The summed E-state index contributed by atoms with van der Waals surface area (Å²) in [5.74, 6) is 0. The third-order valence-electron chi connectivity index (χ3n) is 1.02. The maximum absolute atomic E-state index is 11.1. The zero-order valence-corrected chi connectivity index (χ0v) is 8.71. The molecule has 5 heteroatoms. The average Bonchev–Trinajstić information content (AvgIpc) is 1.84. The van der Waals surface area contributed by atoms with Crippen molar-refractivity contribution >= 4 is 7.37 Å². The highest BCUT2D eigenvalue weighted by molar-refractivity contribution is 7.57. The highest BCUT2D eigenvalue weighted by Crippen LogP contribution is 2.38. The van der Waals surface area contributed by atoms with E-state index in [0.29, 0.717) is 13.2 Å². The summed E-state index contributed by atoms with van der Waals surface area (Å²) in [7, 11) is -2.41. The van der Waals surface area contributed by atoms with Crippen LogP contribution in [0.25, 0.3) is 0 Å². The van der Waals surface area contributed by atoms with Gasteiger partial charge in [0.25, 0.3) is 0 Å². The van der Waals surface area contributed by atoms with Gasteiger partial charge >= 0.3 is 0 Å². The van der Waals surface area contributed by atoms with E-state index >= 15 is 0 Å². The standard InChI is InChI=1S/C7H17O4P/c1-7(6-10-5-4-8)11-12(2,3)9/h7-8H,4-6H2,1-3H3. The van der Waals surface area contributed by atoms with Crippen molar-refractivity contribution in [1.82, 2.24) is 0 Å². The lowest BCUT2D eigenvalue weighted by Gasteiger charge is -2.15. The minimum atomic E-state index is -2.41. The third kappa shape index (κ3) is 8.21. The topological polar surface area (TPSA) is 55.8 Å². The van der Waals surface area contributed by atoms with Crippen LogP contribution in [0.3, 0.4) is 0 Å². The fourth-order valence-corrected chi connectivity index (χ4v) is 1.71. The first-order chi connectivity index (χ1) is 5.45. The van der Waals surface area contributed by atoms with Gasteiger partial charge in [-0.25, -0.2) is 0 Å². The van der Waals surface area contributed by atoms with Crippen LogP contribution >= 0.6 is 7.37 Å². The van der Waals surface area contributed by atoms with Crippen molar-refractivity contribution in [2.75, 3.05) is 33.2 Å². The second-order valence-corrected chi connectivity index (χ2v) is 5.68. The summed E-state index contributed by atoms with van der Waals surface area (Å²) >= 11 is 0. The molecule has 1 unspecified atom stereocenters. The molecule has 74 valence electrons. The Kier molecular flexibility index (Phi) is 5.76. The van der Waals surface area contributed by atoms with Crippen LogP contribution in [0.1, 0.15) is 6.92 Å². The van der Waals surface area contributed by atoms with Gasteiger partial charge < -0.3 is 14.4 Å². The number of aliphatic hydroxyl groups is 1. The summed E-state index contributed by atoms with van der Waals surface area (Å²) in [5, 5.41) is 8.39. The molecule has 0 amide bonds. The van der Waals surface area contributed by atoms with Gasteiger partial charge in [-0.05, 0) is 6.92 Å². The van der Waals surface area contributed by atoms with Crippen molar-refractivity contribution < 1.29 is 18.9 Å². The SMILES string of the molecule is CC(COCCO)OP(C)(C)=O. The molecule has 0 aliphatic rings. The molecule has 0 aliphatic carbocycles. The zero-order valence-electron chi connectivity index (χ0n) is 7.82. The summed E-state index contributed by atoms with van der Waals surface area (Å²) in [6, 6.07) is 0. The Hall–Kier alpha value is 0.110. The molecule has 0 aliphatic heterocycles. The van der Waals surface area contributed by atoms with Crippen LogP contribution < -0.4 is 0 Å². The number of ether oxygens (including phenoxy) is 1. The first-order valence-electron chi connectivity index (χ1n) is 3.87. The molecule has 0 saturated carbocycles. The lowest BCUT2D eigenvalue weighted by molar-refractivity contribution is 0.0408. The summed E-state index contributed by atoms with van der Waals surface area (Å²) in [4.78, 5) is 0. The van der Waals surface area contributed by atoms with Crippen LogP contribution in [0, 0.1) is 0 Å². The van der Waals surface area contributed by atoms with E-state index < -0.39 is 7.37 Å². The van der Waals surface area contributed by atoms with Crippen LogP contribution in [-0.4, -0.2) is 44.4 Å². The minimum absolute atomic E-state index is 0.00261. The molecule has 12 heavy (non-hydrogen) atoms. The fourth-order valence-electron chi connectivity index (χ4n) is 0.778. The number of hydrogen-bond donors (Lipinski definition) is 1. The van der Waals surface area contributed by atoms with Gasteiger partial charge in [-0.3, -0.25) is 4.57 Å². The molecule has 0 saturated heterocycles. The largest absolute Gasteiger partial charge is 0.394 e. The molecule has 0 aromatic carbocycles. The smallest absolute Gasteiger partial charge is 0.197 e. The van der Waals surface area contributed by atoms with E-state index in [-0.39, 0.29) is 12.7 Å². The number of aliphatic hydroxyl groups excluding tert-OH is 1. The van der Waals surface area contributed by atoms with E-state index in [4.69, 9.17) is 14.4 Å². The average molecular weight is 196 g/mol. The molecule has 0 aromatic rings. The van der Waals surface area contributed by atoms with E-state index in [9.17, 15) is 4.57 Å². The van der Waals surface area contributed by atoms with Crippen molar-refractivity contribution in [2.45, 2.75) is 13.0 Å². The lowest BCUT2D eigenvalue weighted by Crippen LogP contribution is -2.15. The van der Waals surface area contributed by atoms with Gasteiger partial charge in [-0.15, -0.1) is 0 Å². The number of rotatable bonds is 6. The van der Waals surface area contributed by atoms with Crippen LogP contribution in [0.15, 0.2) is 0 Å². The number of hydrogen-bond acceptors (Lipinski definition) is 4. The highest BCUT2D eigenvalue weighted by atomic mass is 31.2. The van der Waals surface area contributed by atoms with E-state index in [1.165, 1.54) is 0 Å². The van der Waals surface area contributed by atoms with Crippen molar-refractivity contribution in [3.05, 3.63) is 0 Å². The molecule has 0 fully saturated rings. The van der Waals surface area contributed by atoms with E-state index in [1.54, 1.807) is 20.3 Å². The Morgan fingerprint density at radius 1 is 1.50 bits per heavy atom. The van der Waals surface area contributed by atoms with Gasteiger partial charge in [0.15, 0.2) is 7.37 Å². The molecular formula is C7H17O4P. The monoisotopic (exact) mass is 196 g/mol. The van der Waals surface area contributed by atoms with Crippen LogP contribution in [0.5, 0.6) is 0 Å². The first-order valence-corrected chi connectivity index (χ1v) is 6.39. The van der Waals surface area contributed by atoms with Gasteiger partial charge in [0.2, 0.25) is 0 Å². The first kappa shape index (κ1) is 12.1. The summed E-state index contributed by atoms with van der Waals surface area (Å²) < 4.78 is 21.3. The van der Waals surface area contributed by atoms with Gasteiger partial charge in [-0.2, -0.15) is 0 Å². The molecule has 4 nitrogen and oxygen atoms in total. The van der Waals surface area contributed by atoms with Gasteiger partial charge in [0.05, 0.1) is 25.9 Å². The summed E-state index contributed by atoms with van der Waals surface area (Å²) in [6.07, 6.45) is -0.183. The van der Waals surface area contributed by atoms with E-state index in [0.717, 1.165) is 0 Å². The van der Waals surface area contributed by atoms with E-state index in [1.807, 2.05) is 0 Å². The summed E-state index contributed by atoms with van der Waals surface area (Å²) in [6.45, 7) is 5.59. The Labute approximate surface area is 73.3 Å². The molecule has 0 aromatic heterocycles. The quantitative estimate of drug-likeness (QED) is 0.507. The van der Waals surface area contributed by atoms with Crippen molar-refractivity contribution in [1.29, 1.82) is 0 Å². The van der Waals surface area contributed by atoms with Crippen LogP contribution in [-0.2, 0) is 13.8 Å². The van der Waals surface area contributed by atoms with Gasteiger partial charge in [0.1, 0.15) is 0 Å². The van der Waals surface area contributed by atoms with E-state index in [2.05, 4.69) is 0 Å². The molecule has 0 bridgehead atoms. The fraction of sp³-hybridized carbons (Fsp3) is 1.00. The zero-order chi connectivity index (χ0) is 9.61. The third-order valence-corrected chi connectivity index (χ3v) is 1.89. The normalized spacial score (nSPS) is 14.7. The Bertz CT molecular complexity index is 153. The molecule has 1 atom stereocenters. The second-order valence-electron chi connectivity index (χ2n) is 2.97. The Balaban J connectivity index is 3.46. The highest BCUT2D eigenvalue weighted by Gasteiger charge is 2.12. The minimum Gasteiger partial charge on any atom is -0.394 e. The maximum Gasteiger partial charge on any atom is 0.197 e. The van der Waals surface area contributed by atoms with Gasteiger partial charge in [0, 0.05) is 13.3 Å². The predicted molar refractivity (Wildman–Crippen MR) is 47.9 cm³/mol. The Morgan fingerprint density at radius 3 is 2.50 bits per heavy atom. The summed E-state index contributed by atoms with van der Waals surface area (Å²) in [5.41, 5.74) is 0.